The van der Waals surface area contributed by atoms with Crippen LogP contribution < -0.4 is 10.9 Å². The highest BCUT2D eigenvalue weighted by molar-refractivity contribution is 9.10. The summed E-state index contributed by atoms with van der Waals surface area (Å²) in [5, 5.41) is 7.84. The maximum Gasteiger partial charge on any atom is 0.269 e. The van der Waals surface area contributed by atoms with E-state index in [0.29, 0.717) is 10.7 Å². The molecule has 2 rings (SSSR count). The van der Waals surface area contributed by atoms with Crippen LogP contribution in [0.2, 0.25) is 0 Å². The van der Waals surface area contributed by atoms with Crippen LogP contribution in [0.1, 0.15) is 17.3 Å². The molecular formula is C13H14BrN5O2S. The number of hydrogen-bond donors (Lipinski definition) is 2. The van der Waals surface area contributed by atoms with E-state index in [4.69, 9.17) is 0 Å². The maximum absolute atomic E-state index is 12.0. The standard InChI is InChI=1S/C13H14BrN5O2S/c1-8(22-13-18-15-7-19(13)2)11(20)16-17-12(21)9-3-5-10(14)6-4-9/h3-8H,1-2H3,(H,16,20)(H,17,21). The first-order chi connectivity index (χ1) is 10.5. The van der Waals surface area contributed by atoms with Gasteiger partial charge >= 0.3 is 0 Å². The molecule has 2 amide bonds. The molecule has 0 radical (unpaired) electrons. The fourth-order valence-electron chi connectivity index (χ4n) is 1.48. The van der Waals surface area contributed by atoms with Gasteiger partial charge in [-0.3, -0.25) is 20.4 Å². The molecule has 0 aliphatic carbocycles. The molecule has 0 aliphatic heterocycles. The van der Waals surface area contributed by atoms with Crippen molar-refractivity contribution >= 4 is 39.5 Å². The maximum atomic E-state index is 12.0. The summed E-state index contributed by atoms with van der Waals surface area (Å²) in [6, 6.07) is 6.82. The molecule has 0 saturated carbocycles. The Morgan fingerprint density at radius 3 is 2.55 bits per heavy atom. The predicted molar refractivity (Wildman–Crippen MR) is 86.1 cm³/mol. The van der Waals surface area contributed by atoms with Gasteiger partial charge in [-0.05, 0) is 31.2 Å². The van der Waals surface area contributed by atoms with Crippen molar-refractivity contribution in [1.29, 1.82) is 0 Å². The van der Waals surface area contributed by atoms with Crippen LogP contribution in [0.3, 0.4) is 0 Å². The minimum atomic E-state index is -0.423. The first-order valence-corrected chi connectivity index (χ1v) is 8.01. The van der Waals surface area contributed by atoms with Crippen LogP contribution in [0.4, 0.5) is 0 Å². The zero-order valence-corrected chi connectivity index (χ0v) is 14.3. The number of hydrogen-bond acceptors (Lipinski definition) is 5. The van der Waals surface area contributed by atoms with Crippen molar-refractivity contribution in [3.8, 4) is 0 Å². The third-order valence-electron chi connectivity index (χ3n) is 2.73. The van der Waals surface area contributed by atoms with Gasteiger partial charge in [-0.25, -0.2) is 0 Å². The Hall–Kier alpha value is -1.87. The summed E-state index contributed by atoms with van der Waals surface area (Å²) in [6.07, 6.45) is 1.56. The zero-order chi connectivity index (χ0) is 16.1. The Kier molecular flexibility index (Phi) is 5.56. The van der Waals surface area contributed by atoms with Gasteiger partial charge in [0.1, 0.15) is 6.33 Å². The molecule has 1 heterocycles. The number of benzene rings is 1. The molecule has 0 fully saturated rings. The molecule has 1 atom stereocenters. The van der Waals surface area contributed by atoms with Crippen molar-refractivity contribution in [3.63, 3.8) is 0 Å². The van der Waals surface area contributed by atoms with Gasteiger partial charge in [0.05, 0.1) is 5.25 Å². The number of aromatic nitrogens is 3. The number of aryl methyl sites for hydroxylation is 1. The molecule has 9 heteroatoms. The molecule has 22 heavy (non-hydrogen) atoms. The van der Waals surface area contributed by atoms with E-state index in [1.165, 1.54) is 11.8 Å². The quantitative estimate of drug-likeness (QED) is 0.617. The monoisotopic (exact) mass is 383 g/mol. The smallest absolute Gasteiger partial charge is 0.269 e. The first-order valence-electron chi connectivity index (χ1n) is 6.34. The predicted octanol–water partition coefficient (Wildman–Crippen LogP) is 1.52. The van der Waals surface area contributed by atoms with Gasteiger partial charge < -0.3 is 4.57 Å². The van der Waals surface area contributed by atoms with Gasteiger partial charge in [0, 0.05) is 17.1 Å². The minimum Gasteiger partial charge on any atom is -0.312 e. The third kappa shape index (κ3) is 4.31. The van der Waals surface area contributed by atoms with Crippen LogP contribution in [-0.4, -0.2) is 31.8 Å². The normalized spacial score (nSPS) is 11.8. The molecule has 0 saturated heterocycles. The highest BCUT2D eigenvalue weighted by Crippen LogP contribution is 2.19. The van der Waals surface area contributed by atoms with E-state index in [1.54, 1.807) is 49.1 Å². The zero-order valence-electron chi connectivity index (χ0n) is 11.9. The molecule has 7 nitrogen and oxygen atoms in total. The number of hydrazine groups is 1. The molecule has 0 bridgehead atoms. The van der Waals surface area contributed by atoms with Crippen LogP contribution >= 0.6 is 27.7 Å². The molecule has 2 N–H and O–H groups in total. The largest absolute Gasteiger partial charge is 0.312 e. The fraction of sp³-hybridized carbons (Fsp3) is 0.231. The molecule has 116 valence electrons. The Balaban J connectivity index is 1.85. The van der Waals surface area contributed by atoms with Crippen molar-refractivity contribution in [1.82, 2.24) is 25.6 Å². The van der Waals surface area contributed by atoms with E-state index in [9.17, 15) is 9.59 Å². The molecule has 0 spiro atoms. The summed E-state index contributed by atoms with van der Waals surface area (Å²) >= 11 is 4.55. The SMILES string of the molecule is CC(Sc1nncn1C)C(=O)NNC(=O)c1ccc(Br)cc1. The number of rotatable bonds is 4. The van der Waals surface area contributed by atoms with Crippen LogP contribution in [0.5, 0.6) is 0 Å². The van der Waals surface area contributed by atoms with E-state index in [1.807, 2.05) is 0 Å². The number of thioether (sulfide) groups is 1. The molecule has 1 aromatic carbocycles. The van der Waals surface area contributed by atoms with Gasteiger partial charge in [0.25, 0.3) is 11.8 Å². The van der Waals surface area contributed by atoms with Crippen LogP contribution in [0.25, 0.3) is 0 Å². The van der Waals surface area contributed by atoms with E-state index in [-0.39, 0.29) is 11.8 Å². The summed E-state index contributed by atoms with van der Waals surface area (Å²) < 4.78 is 2.59. The molecule has 0 aliphatic rings. The van der Waals surface area contributed by atoms with Gasteiger partial charge in [-0.15, -0.1) is 10.2 Å². The van der Waals surface area contributed by atoms with Crippen LogP contribution in [-0.2, 0) is 11.8 Å². The lowest BCUT2D eigenvalue weighted by Gasteiger charge is -2.12. The average Bonchev–Trinajstić information content (AvgIpc) is 2.90. The van der Waals surface area contributed by atoms with Crippen molar-refractivity contribution in [3.05, 3.63) is 40.6 Å². The second kappa shape index (κ2) is 7.41. The van der Waals surface area contributed by atoms with Crippen LogP contribution in [0.15, 0.2) is 40.2 Å². The second-order valence-corrected chi connectivity index (χ2v) is 6.66. The molecule has 1 unspecified atom stereocenters. The Bertz CT molecular complexity index is 673. The number of amides is 2. The minimum absolute atomic E-state index is 0.321. The molecule has 2 aromatic rings. The lowest BCUT2D eigenvalue weighted by Crippen LogP contribution is -2.44. The van der Waals surface area contributed by atoms with E-state index in [2.05, 4.69) is 37.0 Å². The topological polar surface area (TPSA) is 88.9 Å². The van der Waals surface area contributed by atoms with Gasteiger partial charge in [0.15, 0.2) is 5.16 Å². The average molecular weight is 384 g/mol. The van der Waals surface area contributed by atoms with Crippen LogP contribution in [0, 0.1) is 0 Å². The third-order valence-corrected chi connectivity index (χ3v) is 4.40. The Morgan fingerprint density at radius 1 is 1.27 bits per heavy atom. The van der Waals surface area contributed by atoms with Crippen molar-refractivity contribution in [2.24, 2.45) is 7.05 Å². The Labute approximate surface area is 140 Å². The molecular weight excluding hydrogens is 370 g/mol. The highest BCUT2D eigenvalue weighted by Gasteiger charge is 2.17. The lowest BCUT2D eigenvalue weighted by molar-refractivity contribution is -0.121. The summed E-state index contributed by atoms with van der Waals surface area (Å²) in [4.78, 5) is 23.8. The number of nitrogens with one attached hydrogen (secondary N) is 2. The number of halogens is 1. The number of carbonyl (C=O) groups is 2. The van der Waals surface area contributed by atoms with Crippen molar-refractivity contribution in [2.45, 2.75) is 17.3 Å². The first kappa shape index (κ1) is 16.5. The summed E-state index contributed by atoms with van der Waals surface area (Å²) in [6.45, 7) is 1.72. The fourth-order valence-corrected chi connectivity index (χ4v) is 2.54. The van der Waals surface area contributed by atoms with Gasteiger partial charge in [-0.2, -0.15) is 0 Å². The number of carbonyl (C=O) groups excluding carboxylic acids is 2. The Morgan fingerprint density at radius 2 is 1.95 bits per heavy atom. The van der Waals surface area contributed by atoms with Gasteiger partial charge in [-0.1, -0.05) is 27.7 Å². The van der Waals surface area contributed by atoms with Crippen molar-refractivity contribution in [2.75, 3.05) is 0 Å². The summed E-state index contributed by atoms with van der Waals surface area (Å²) in [5.41, 5.74) is 5.24. The van der Waals surface area contributed by atoms with E-state index in [0.717, 1.165) is 4.47 Å². The van der Waals surface area contributed by atoms with E-state index < -0.39 is 5.25 Å². The molecule has 1 aromatic heterocycles. The highest BCUT2D eigenvalue weighted by atomic mass is 79.9. The van der Waals surface area contributed by atoms with Crippen molar-refractivity contribution < 1.29 is 9.59 Å². The number of nitrogens with zero attached hydrogens (tertiary/aromatic N) is 3. The lowest BCUT2D eigenvalue weighted by atomic mass is 10.2. The summed E-state index contributed by atoms with van der Waals surface area (Å²) in [5.74, 6) is -0.699. The second-order valence-electron chi connectivity index (χ2n) is 4.43. The van der Waals surface area contributed by atoms with E-state index >= 15 is 0 Å². The van der Waals surface area contributed by atoms with Gasteiger partial charge in [0.2, 0.25) is 0 Å². The summed E-state index contributed by atoms with van der Waals surface area (Å²) in [7, 11) is 1.79.